The van der Waals surface area contributed by atoms with Gasteiger partial charge in [0.1, 0.15) is 6.20 Å². The molecular weight excluding hydrogens is 238 g/mol. The number of halogens is 1. The van der Waals surface area contributed by atoms with Crippen LogP contribution < -0.4 is 0 Å². The standard InChI is InChI=1S/C7H10BrN3O2/c1-6-9-5-7(11(12)13)10(6)4-2-3-8/h5H,2-4H2,1H3. The third-order valence-corrected chi connectivity index (χ3v) is 2.30. The minimum absolute atomic E-state index is 0.0680. The smallest absolute Gasteiger partial charge is 0.342 e. The van der Waals surface area contributed by atoms with Crippen LogP contribution in [0.4, 0.5) is 5.82 Å². The molecule has 5 nitrogen and oxygen atoms in total. The maximum absolute atomic E-state index is 10.5. The molecular formula is C7H10BrN3O2. The summed E-state index contributed by atoms with van der Waals surface area (Å²) in [6.07, 6.45) is 2.15. The summed E-state index contributed by atoms with van der Waals surface area (Å²) in [6, 6.07) is 0. The van der Waals surface area contributed by atoms with Gasteiger partial charge in [0, 0.05) is 12.3 Å². The summed E-state index contributed by atoms with van der Waals surface area (Å²) in [5.74, 6) is 0.756. The van der Waals surface area contributed by atoms with E-state index >= 15 is 0 Å². The molecule has 0 aromatic carbocycles. The number of hydrogen-bond acceptors (Lipinski definition) is 3. The Morgan fingerprint density at radius 3 is 3.00 bits per heavy atom. The Labute approximate surface area is 84.1 Å². The quantitative estimate of drug-likeness (QED) is 0.464. The van der Waals surface area contributed by atoms with Crippen LogP contribution in [0.25, 0.3) is 0 Å². The fraction of sp³-hybridized carbons (Fsp3) is 0.571. The predicted molar refractivity (Wildman–Crippen MR) is 52.0 cm³/mol. The van der Waals surface area contributed by atoms with Crippen LogP contribution in [0.15, 0.2) is 6.20 Å². The maximum atomic E-state index is 10.5. The average molecular weight is 248 g/mol. The van der Waals surface area contributed by atoms with Gasteiger partial charge in [0.15, 0.2) is 5.82 Å². The summed E-state index contributed by atoms with van der Waals surface area (Å²) in [7, 11) is 0. The molecule has 0 N–H and O–H groups in total. The zero-order valence-corrected chi connectivity index (χ0v) is 8.82. The number of nitrogens with zero attached hydrogens (tertiary/aromatic N) is 3. The van der Waals surface area contributed by atoms with E-state index in [1.165, 1.54) is 6.20 Å². The summed E-state index contributed by atoms with van der Waals surface area (Å²) in [4.78, 5) is 14.0. The van der Waals surface area contributed by atoms with Gasteiger partial charge in [-0.2, -0.15) is 0 Å². The second-order valence-electron chi connectivity index (χ2n) is 2.61. The van der Waals surface area contributed by atoms with Gasteiger partial charge < -0.3 is 10.1 Å². The van der Waals surface area contributed by atoms with Crippen molar-refractivity contribution in [2.45, 2.75) is 19.9 Å². The van der Waals surface area contributed by atoms with Gasteiger partial charge >= 0.3 is 5.82 Å². The second kappa shape index (κ2) is 4.36. The number of aryl methyl sites for hydroxylation is 1. The summed E-state index contributed by atoms with van der Waals surface area (Å²) in [5.41, 5.74) is 0. The Kier molecular flexibility index (Phi) is 3.41. The van der Waals surface area contributed by atoms with E-state index in [9.17, 15) is 10.1 Å². The molecule has 0 radical (unpaired) electrons. The lowest BCUT2D eigenvalue weighted by molar-refractivity contribution is -0.392. The van der Waals surface area contributed by atoms with E-state index in [0.717, 1.165) is 11.8 Å². The Balaban J connectivity index is 2.88. The SMILES string of the molecule is Cc1ncc([N+](=O)[O-])n1CCCBr. The van der Waals surface area contributed by atoms with Crippen LogP contribution in [0.3, 0.4) is 0 Å². The molecule has 0 aliphatic heterocycles. The molecule has 0 unspecified atom stereocenters. The number of alkyl halides is 1. The van der Waals surface area contributed by atoms with Gasteiger partial charge in [0.2, 0.25) is 0 Å². The highest BCUT2D eigenvalue weighted by Crippen LogP contribution is 2.14. The zero-order chi connectivity index (χ0) is 9.84. The van der Waals surface area contributed by atoms with Crippen LogP contribution in [0.1, 0.15) is 12.2 Å². The first-order valence-electron chi connectivity index (χ1n) is 3.89. The van der Waals surface area contributed by atoms with Crippen molar-refractivity contribution in [1.29, 1.82) is 0 Å². The van der Waals surface area contributed by atoms with Gasteiger partial charge in [-0.15, -0.1) is 0 Å². The van der Waals surface area contributed by atoms with Crippen molar-refractivity contribution >= 4 is 21.7 Å². The fourth-order valence-electron chi connectivity index (χ4n) is 1.10. The third kappa shape index (κ3) is 2.27. The predicted octanol–water partition coefficient (Wildman–Crippen LogP) is 1.88. The third-order valence-electron chi connectivity index (χ3n) is 1.74. The highest BCUT2D eigenvalue weighted by atomic mass is 79.9. The van der Waals surface area contributed by atoms with Crippen molar-refractivity contribution in [3.8, 4) is 0 Å². The van der Waals surface area contributed by atoms with E-state index < -0.39 is 4.92 Å². The van der Waals surface area contributed by atoms with Crippen molar-refractivity contribution < 1.29 is 4.92 Å². The fourth-order valence-corrected chi connectivity index (χ4v) is 1.35. The van der Waals surface area contributed by atoms with E-state index in [4.69, 9.17) is 0 Å². The van der Waals surface area contributed by atoms with Crippen LogP contribution in [-0.2, 0) is 6.54 Å². The van der Waals surface area contributed by atoms with Gasteiger partial charge in [0.25, 0.3) is 0 Å². The summed E-state index contributed by atoms with van der Waals surface area (Å²) >= 11 is 3.28. The van der Waals surface area contributed by atoms with E-state index in [-0.39, 0.29) is 5.82 Å². The lowest BCUT2D eigenvalue weighted by Gasteiger charge is -2.00. The van der Waals surface area contributed by atoms with E-state index in [1.807, 2.05) is 0 Å². The second-order valence-corrected chi connectivity index (χ2v) is 3.41. The average Bonchev–Trinajstić information content (AvgIpc) is 2.43. The molecule has 72 valence electrons. The number of aromatic nitrogens is 2. The van der Waals surface area contributed by atoms with Crippen molar-refractivity contribution in [2.24, 2.45) is 0 Å². The first-order valence-corrected chi connectivity index (χ1v) is 5.01. The number of nitro groups is 1. The summed E-state index contributed by atoms with van der Waals surface area (Å²) in [6.45, 7) is 2.40. The highest BCUT2D eigenvalue weighted by Gasteiger charge is 2.15. The van der Waals surface area contributed by atoms with Crippen LogP contribution in [0, 0.1) is 17.0 Å². The van der Waals surface area contributed by atoms with Crippen molar-refractivity contribution in [2.75, 3.05) is 5.33 Å². The first-order chi connectivity index (χ1) is 6.16. The minimum atomic E-state index is -0.409. The van der Waals surface area contributed by atoms with Crippen molar-refractivity contribution in [3.63, 3.8) is 0 Å². The maximum Gasteiger partial charge on any atom is 0.342 e. The molecule has 0 atom stereocenters. The van der Waals surface area contributed by atoms with Gasteiger partial charge in [-0.25, -0.2) is 9.55 Å². The molecule has 1 aromatic heterocycles. The molecule has 0 spiro atoms. The number of imidazole rings is 1. The van der Waals surface area contributed by atoms with Crippen LogP contribution in [-0.4, -0.2) is 19.8 Å². The molecule has 1 aromatic rings. The molecule has 13 heavy (non-hydrogen) atoms. The van der Waals surface area contributed by atoms with Crippen molar-refractivity contribution in [3.05, 3.63) is 22.1 Å². The summed E-state index contributed by atoms with van der Waals surface area (Å²) in [5, 5.41) is 11.4. The highest BCUT2D eigenvalue weighted by molar-refractivity contribution is 9.09. The number of rotatable bonds is 4. The molecule has 6 heteroatoms. The van der Waals surface area contributed by atoms with Crippen molar-refractivity contribution in [1.82, 2.24) is 9.55 Å². The Bertz CT molecular complexity index is 311. The minimum Gasteiger partial charge on any atom is -0.358 e. The lowest BCUT2D eigenvalue weighted by atomic mass is 10.4. The molecule has 0 aliphatic carbocycles. The van der Waals surface area contributed by atoms with Crippen LogP contribution in [0.2, 0.25) is 0 Å². The molecule has 0 amide bonds. The van der Waals surface area contributed by atoms with E-state index in [1.54, 1.807) is 11.5 Å². The molecule has 0 aliphatic rings. The molecule has 0 saturated heterocycles. The Morgan fingerprint density at radius 2 is 2.46 bits per heavy atom. The van der Waals surface area contributed by atoms with Gasteiger partial charge in [-0.3, -0.25) is 0 Å². The van der Waals surface area contributed by atoms with Gasteiger partial charge in [0.05, 0.1) is 6.54 Å². The lowest BCUT2D eigenvalue weighted by Crippen LogP contribution is -2.05. The van der Waals surface area contributed by atoms with Gasteiger partial charge in [-0.1, -0.05) is 15.9 Å². The van der Waals surface area contributed by atoms with E-state index in [2.05, 4.69) is 20.9 Å². The normalized spacial score (nSPS) is 10.3. The largest absolute Gasteiger partial charge is 0.358 e. The van der Waals surface area contributed by atoms with Gasteiger partial charge in [-0.05, 0) is 11.3 Å². The van der Waals surface area contributed by atoms with Crippen LogP contribution in [0.5, 0.6) is 0 Å². The molecule has 1 heterocycles. The monoisotopic (exact) mass is 247 g/mol. The Hall–Kier alpha value is -0.910. The molecule has 1 rings (SSSR count). The topological polar surface area (TPSA) is 61.0 Å². The molecule has 0 saturated carbocycles. The van der Waals surface area contributed by atoms with E-state index in [0.29, 0.717) is 12.4 Å². The summed E-state index contributed by atoms with van der Waals surface area (Å²) < 4.78 is 1.61. The van der Waals surface area contributed by atoms with Crippen LogP contribution >= 0.6 is 15.9 Å². The molecule has 0 bridgehead atoms. The number of hydrogen-bond donors (Lipinski definition) is 0. The first kappa shape index (κ1) is 10.2. The zero-order valence-electron chi connectivity index (χ0n) is 7.23. The Morgan fingerprint density at radius 1 is 1.77 bits per heavy atom. The molecule has 0 fully saturated rings.